The van der Waals surface area contributed by atoms with Gasteiger partial charge in [0, 0.05) is 33.9 Å². The van der Waals surface area contributed by atoms with Gasteiger partial charge in [-0.05, 0) is 36.4 Å². The fraction of sp³-hybridized carbons (Fsp3) is 0.115. The molecule has 0 aliphatic heterocycles. The summed E-state index contributed by atoms with van der Waals surface area (Å²) < 4.78 is 15.4. The van der Waals surface area contributed by atoms with E-state index in [2.05, 4.69) is 5.32 Å². The predicted molar refractivity (Wildman–Crippen MR) is 129 cm³/mol. The van der Waals surface area contributed by atoms with Gasteiger partial charge in [0.25, 0.3) is 5.91 Å². The molecule has 174 valence electrons. The molecule has 0 bridgehead atoms. The second-order valence-electron chi connectivity index (χ2n) is 6.98. The molecule has 0 spiro atoms. The van der Waals surface area contributed by atoms with Gasteiger partial charge in [-0.3, -0.25) is 9.59 Å². The molecule has 0 aliphatic rings. The van der Waals surface area contributed by atoms with Gasteiger partial charge >= 0.3 is 5.97 Å². The minimum absolute atomic E-state index is 0.227. The average molecular weight is 480 g/mol. The summed E-state index contributed by atoms with van der Waals surface area (Å²) in [6.45, 7) is -0.537. The largest absolute Gasteiger partial charge is 0.497 e. The number of benzene rings is 3. The molecule has 1 amide bonds. The highest BCUT2D eigenvalue weighted by atomic mass is 35.5. The maximum atomic E-state index is 12.9. The number of amides is 1. The van der Waals surface area contributed by atoms with Crippen LogP contribution in [-0.4, -0.2) is 38.5 Å². The summed E-state index contributed by atoms with van der Waals surface area (Å²) in [6, 6.07) is 18.3. The van der Waals surface area contributed by atoms with E-state index in [1.807, 2.05) is 0 Å². The molecule has 1 N–H and O–H groups in total. The number of ketones is 1. The molecule has 8 heteroatoms. The lowest BCUT2D eigenvalue weighted by molar-refractivity contribution is -0.142. The van der Waals surface area contributed by atoms with Crippen molar-refractivity contribution in [2.75, 3.05) is 26.1 Å². The van der Waals surface area contributed by atoms with E-state index in [1.165, 1.54) is 38.5 Å². The van der Waals surface area contributed by atoms with Gasteiger partial charge in [-0.2, -0.15) is 0 Å². The molecule has 3 rings (SSSR count). The summed E-state index contributed by atoms with van der Waals surface area (Å²) in [7, 11) is 3.04. The molecule has 0 fully saturated rings. The summed E-state index contributed by atoms with van der Waals surface area (Å²) >= 11 is 6.05. The van der Waals surface area contributed by atoms with E-state index in [0.29, 0.717) is 27.6 Å². The van der Waals surface area contributed by atoms with Gasteiger partial charge in [0.05, 0.1) is 19.9 Å². The fourth-order valence-electron chi connectivity index (χ4n) is 3.04. The van der Waals surface area contributed by atoms with Crippen molar-refractivity contribution in [2.24, 2.45) is 0 Å². The first-order valence-electron chi connectivity index (χ1n) is 10.2. The van der Waals surface area contributed by atoms with Gasteiger partial charge in [-0.25, -0.2) is 4.79 Å². The lowest BCUT2D eigenvalue weighted by Gasteiger charge is -2.11. The third-order valence-corrected chi connectivity index (χ3v) is 4.96. The number of hydrogen-bond donors (Lipinski definition) is 1. The first-order chi connectivity index (χ1) is 16.4. The molecule has 34 heavy (non-hydrogen) atoms. The molecule has 0 unspecified atom stereocenters. The Hall–Kier alpha value is -4.10. The van der Waals surface area contributed by atoms with E-state index in [9.17, 15) is 14.4 Å². The van der Waals surface area contributed by atoms with Crippen LogP contribution in [0.4, 0.5) is 5.69 Å². The number of carbonyl (C=O) groups excluding carboxylic acids is 3. The third-order valence-electron chi connectivity index (χ3n) is 4.72. The summed E-state index contributed by atoms with van der Waals surface area (Å²) in [5.41, 5.74) is 1.57. The summed E-state index contributed by atoms with van der Waals surface area (Å²) in [6.07, 6.45) is 2.69. The van der Waals surface area contributed by atoms with E-state index < -0.39 is 18.5 Å². The van der Waals surface area contributed by atoms with E-state index >= 15 is 0 Å². The minimum atomic E-state index is -0.718. The van der Waals surface area contributed by atoms with Crippen LogP contribution in [0.2, 0.25) is 5.02 Å². The lowest BCUT2D eigenvalue weighted by Crippen LogP contribution is -2.21. The highest BCUT2D eigenvalue weighted by Gasteiger charge is 2.16. The maximum absolute atomic E-state index is 12.9. The highest BCUT2D eigenvalue weighted by Crippen LogP contribution is 2.26. The topological polar surface area (TPSA) is 90.9 Å². The Morgan fingerprint density at radius 3 is 2.41 bits per heavy atom. The molecule has 0 heterocycles. The molecule has 3 aromatic rings. The van der Waals surface area contributed by atoms with Crippen molar-refractivity contribution in [2.45, 2.75) is 0 Å². The van der Waals surface area contributed by atoms with Crippen molar-refractivity contribution >= 4 is 41.0 Å². The van der Waals surface area contributed by atoms with Gasteiger partial charge in [0.1, 0.15) is 11.5 Å². The van der Waals surface area contributed by atoms with Crippen molar-refractivity contribution < 1.29 is 28.6 Å². The molecule has 0 saturated heterocycles. The Bertz CT molecular complexity index is 1220. The first kappa shape index (κ1) is 24.5. The number of esters is 1. The quantitative estimate of drug-likeness (QED) is 0.270. The molecular formula is C26H22ClNO6. The summed E-state index contributed by atoms with van der Waals surface area (Å²) in [5.74, 6) is -0.496. The number of rotatable bonds is 9. The van der Waals surface area contributed by atoms with Crippen LogP contribution < -0.4 is 14.8 Å². The van der Waals surface area contributed by atoms with Gasteiger partial charge in [-0.1, -0.05) is 41.9 Å². The smallest absolute Gasteiger partial charge is 0.331 e. The molecule has 0 radical (unpaired) electrons. The van der Waals surface area contributed by atoms with Crippen LogP contribution in [-0.2, 0) is 14.3 Å². The molecule has 0 saturated carbocycles. The molecule has 0 atom stereocenters. The van der Waals surface area contributed by atoms with Crippen LogP contribution >= 0.6 is 11.6 Å². The van der Waals surface area contributed by atoms with Gasteiger partial charge < -0.3 is 19.5 Å². The van der Waals surface area contributed by atoms with E-state index in [1.54, 1.807) is 54.6 Å². The van der Waals surface area contributed by atoms with Crippen molar-refractivity contribution in [3.63, 3.8) is 0 Å². The zero-order chi connectivity index (χ0) is 24.5. The van der Waals surface area contributed by atoms with Crippen LogP contribution in [0.5, 0.6) is 11.5 Å². The Balaban J connectivity index is 1.63. The molecule has 7 nitrogen and oxygen atoms in total. The normalized spacial score (nSPS) is 10.6. The summed E-state index contributed by atoms with van der Waals surface area (Å²) in [5, 5.41) is 2.94. The average Bonchev–Trinajstić information content (AvgIpc) is 2.87. The van der Waals surface area contributed by atoms with Crippen molar-refractivity contribution in [3.05, 3.63) is 94.5 Å². The minimum Gasteiger partial charge on any atom is -0.497 e. The lowest BCUT2D eigenvalue weighted by atomic mass is 10.0. The Labute approximate surface area is 201 Å². The zero-order valence-corrected chi connectivity index (χ0v) is 19.3. The highest BCUT2D eigenvalue weighted by molar-refractivity contribution is 6.31. The number of anilines is 1. The zero-order valence-electron chi connectivity index (χ0n) is 18.5. The van der Waals surface area contributed by atoms with Gasteiger partial charge in [0.15, 0.2) is 12.4 Å². The number of halogens is 1. The van der Waals surface area contributed by atoms with Gasteiger partial charge in [0.2, 0.25) is 0 Å². The Morgan fingerprint density at radius 1 is 0.941 bits per heavy atom. The Kier molecular flexibility index (Phi) is 8.43. The number of hydrogen-bond acceptors (Lipinski definition) is 6. The van der Waals surface area contributed by atoms with Crippen LogP contribution in [0.3, 0.4) is 0 Å². The first-order valence-corrected chi connectivity index (χ1v) is 10.5. The van der Waals surface area contributed by atoms with E-state index in [-0.39, 0.29) is 17.0 Å². The van der Waals surface area contributed by atoms with Crippen molar-refractivity contribution in [1.29, 1.82) is 0 Å². The van der Waals surface area contributed by atoms with Crippen molar-refractivity contribution in [3.8, 4) is 11.5 Å². The van der Waals surface area contributed by atoms with E-state index in [4.69, 9.17) is 25.8 Å². The van der Waals surface area contributed by atoms with Crippen LogP contribution in [0, 0.1) is 0 Å². The monoisotopic (exact) mass is 479 g/mol. The maximum Gasteiger partial charge on any atom is 0.331 e. The number of ether oxygens (including phenoxy) is 3. The second kappa shape index (κ2) is 11.7. The standard InChI is InChI=1S/C26H22ClNO6/c1-32-20-11-8-17(23(15-20)33-2)9-13-25(30)34-16-24(29)28-22-12-10-19(27)14-21(22)26(31)18-6-4-3-5-7-18/h3-15H,16H2,1-2H3,(H,28,29). The van der Waals surface area contributed by atoms with E-state index in [0.717, 1.165) is 0 Å². The van der Waals surface area contributed by atoms with Crippen LogP contribution in [0.1, 0.15) is 21.5 Å². The molecule has 0 aliphatic carbocycles. The van der Waals surface area contributed by atoms with Crippen LogP contribution in [0.15, 0.2) is 72.8 Å². The fourth-order valence-corrected chi connectivity index (χ4v) is 3.22. The molecular weight excluding hydrogens is 458 g/mol. The number of carbonyl (C=O) groups is 3. The molecule has 0 aromatic heterocycles. The SMILES string of the molecule is COc1ccc(C=CC(=O)OCC(=O)Nc2ccc(Cl)cc2C(=O)c2ccccc2)c(OC)c1. The third kappa shape index (κ3) is 6.46. The van der Waals surface area contributed by atoms with Crippen LogP contribution in [0.25, 0.3) is 6.08 Å². The number of methoxy groups -OCH3 is 2. The van der Waals surface area contributed by atoms with Gasteiger partial charge in [-0.15, -0.1) is 0 Å². The Morgan fingerprint density at radius 2 is 1.71 bits per heavy atom. The number of nitrogens with one attached hydrogen (secondary N) is 1. The predicted octanol–water partition coefficient (Wildman–Crippen LogP) is 4.78. The summed E-state index contributed by atoms with van der Waals surface area (Å²) in [4.78, 5) is 37.3. The van der Waals surface area contributed by atoms with Crippen molar-refractivity contribution in [1.82, 2.24) is 0 Å². The second-order valence-corrected chi connectivity index (χ2v) is 7.42. The molecule has 3 aromatic carbocycles.